The van der Waals surface area contributed by atoms with Crippen molar-refractivity contribution in [2.24, 2.45) is 5.92 Å². The van der Waals surface area contributed by atoms with E-state index in [9.17, 15) is 9.59 Å². The standard InChI is InChI=1S/C16H22N2O3/c1-12-7-8-14(17-11-12)18(10-9-15(19)20)16(21)13-5-3-2-4-6-13/h7-8,11,13H,2-6,9-10H2,1H3,(H,19,20). The third-order valence-corrected chi connectivity index (χ3v) is 3.94. The summed E-state index contributed by atoms with van der Waals surface area (Å²) in [5, 5.41) is 8.89. The predicted octanol–water partition coefficient (Wildman–Crippen LogP) is 2.78. The number of carbonyl (C=O) groups excluding carboxylic acids is 1. The Bertz CT molecular complexity index is 493. The largest absolute Gasteiger partial charge is 0.481 e. The Kier molecular flexibility index (Phi) is 5.31. The van der Waals surface area contributed by atoms with Crippen LogP contribution in [0.5, 0.6) is 0 Å². The number of anilines is 1. The third-order valence-electron chi connectivity index (χ3n) is 3.94. The Labute approximate surface area is 125 Å². The molecule has 1 amide bonds. The van der Waals surface area contributed by atoms with Crippen LogP contribution in [-0.4, -0.2) is 28.5 Å². The van der Waals surface area contributed by atoms with E-state index in [4.69, 9.17) is 5.11 Å². The van der Waals surface area contributed by atoms with Gasteiger partial charge in [-0.1, -0.05) is 25.3 Å². The van der Waals surface area contributed by atoms with Gasteiger partial charge in [0.05, 0.1) is 6.42 Å². The zero-order valence-corrected chi connectivity index (χ0v) is 12.4. The lowest BCUT2D eigenvalue weighted by atomic mass is 9.88. The summed E-state index contributed by atoms with van der Waals surface area (Å²) in [5.74, 6) is -0.316. The van der Waals surface area contributed by atoms with Crippen molar-refractivity contribution in [3.8, 4) is 0 Å². The molecule has 1 N–H and O–H groups in total. The number of aryl methyl sites for hydroxylation is 1. The molecular weight excluding hydrogens is 268 g/mol. The van der Waals surface area contributed by atoms with Gasteiger partial charge in [0, 0.05) is 18.7 Å². The first-order valence-corrected chi connectivity index (χ1v) is 7.54. The Balaban J connectivity index is 2.15. The molecule has 1 aliphatic carbocycles. The number of carboxylic acid groups (broad SMARTS) is 1. The molecule has 0 aliphatic heterocycles. The maximum Gasteiger partial charge on any atom is 0.305 e. The fourth-order valence-corrected chi connectivity index (χ4v) is 2.73. The van der Waals surface area contributed by atoms with Crippen molar-refractivity contribution >= 4 is 17.7 Å². The molecule has 21 heavy (non-hydrogen) atoms. The van der Waals surface area contributed by atoms with Gasteiger partial charge in [-0.3, -0.25) is 14.5 Å². The van der Waals surface area contributed by atoms with Crippen LogP contribution in [0.3, 0.4) is 0 Å². The Hall–Kier alpha value is -1.91. The molecule has 1 aliphatic rings. The molecule has 1 aromatic rings. The summed E-state index contributed by atoms with van der Waals surface area (Å²) in [7, 11) is 0. The Morgan fingerprint density at radius 2 is 2.00 bits per heavy atom. The molecule has 0 atom stereocenters. The van der Waals surface area contributed by atoms with Gasteiger partial charge in [0.25, 0.3) is 0 Å². The number of amides is 1. The third kappa shape index (κ3) is 4.28. The van der Waals surface area contributed by atoms with E-state index >= 15 is 0 Å². The van der Waals surface area contributed by atoms with E-state index in [2.05, 4.69) is 4.98 Å². The number of aliphatic carboxylic acids is 1. The van der Waals surface area contributed by atoms with Crippen LogP contribution in [0.25, 0.3) is 0 Å². The fourth-order valence-electron chi connectivity index (χ4n) is 2.73. The van der Waals surface area contributed by atoms with Crippen molar-refractivity contribution in [1.29, 1.82) is 0 Å². The van der Waals surface area contributed by atoms with E-state index in [1.807, 2.05) is 13.0 Å². The zero-order valence-electron chi connectivity index (χ0n) is 12.4. The predicted molar refractivity (Wildman–Crippen MR) is 80.2 cm³/mol. The Morgan fingerprint density at radius 1 is 1.29 bits per heavy atom. The monoisotopic (exact) mass is 290 g/mol. The van der Waals surface area contributed by atoms with Crippen molar-refractivity contribution in [1.82, 2.24) is 4.98 Å². The van der Waals surface area contributed by atoms with Crippen LogP contribution in [0.4, 0.5) is 5.82 Å². The van der Waals surface area contributed by atoms with Crippen molar-refractivity contribution in [2.75, 3.05) is 11.4 Å². The van der Waals surface area contributed by atoms with Crippen LogP contribution in [0.15, 0.2) is 18.3 Å². The molecule has 1 aromatic heterocycles. The molecule has 5 heteroatoms. The number of hydrogen-bond acceptors (Lipinski definition) is 3. The van der Waals surface area contributed by atoms with Gasteiger partial charge in [-0.05, 0) is 31.4 Å². The first-order chi connectivity index (χ1) is 10.1. The average Bonchev–Trinajstić information content (AvgIpc) is 2.49. The highest BCUT2D eigenvalue weighted by atomic mass is 16.4. The molecule has 1 fully saturated rings. The number of pyridine rings is 1. The second-order valence-electron chi connectivity index (χ2n) is 5.66. The Morgan fingerprint density at radius 3 is 2.57 bits per heavy atom. The van der Waals surface area contributed by atoms with Gasteiger partial charge in [-0.2, -0.15) is 0 Å². The summed E-state index contributed by atoms with van der Waals surface area (Å²) < 4.78 is 0. The van der Waals surface area contributed by atoms with Crippen LogP contribution >= 0.6 is 0 Å². The van der Waals surface area contributed by atoms with Gasteiger partial charge in [0.15, 0.2) is 0 Å². The second kappa shape index (κ2) is 7.20. The molecule has 1 saturated carbocycles. The highest BCUT2D eigenvalue weighted by Crippen LogP contribution is 2.27. The van der Waals surface area contributed by atoms with Gasteiger partial charge in [0.2, 0.25) is 5.91 Å². The molecule has 0 radical (unpaired) electrons. The fraction of sp³-hybridized carbons (Fsp3) is 0.562. The molecule has 0 unspecified atom stereocenters. The first kappa shape index (κ1) is 15.5. The number of hydrogen-bond donors (Lipinski definition) is 1. The average molecular weight is 290 g/mol. The minimum absolute atomic E-state index is 0.00986. The molecular formula is C16H22N2O3. The summed E-state index contributed by atoms with van der Waals surface area (Å²) in [6.07, 6.45) is 6.77. The van der Waals surface area contributed by atoms with Crippen LogP contribution < -0.4 is 4.90 Å². The molecule has 0 bridgehead atoms. The first-order valence-electron chi connectivity index (χ1n) is 7.54. The number of carbonyl (C=O) groups is 2. The summed E-state index contributed by atoms with van der Waals surface area (Å²) in [6, 6.07) is 3.68. The molecule has 2 rings (SSSR count). The van der Waals surface area contributed by atoms with Crippen LogP contribution in [-0.2, 0) is 9.59 Å². The van der Waals surface area contributed by atoms with Crippen LogP contribution in [0.1, 0.15) is 44.1 Å². The summed E-state index contributed by atoms with van der Waals surface area (Å²) in [4.78, 5) is 29.3. The van der Waals surface area contributed by atoms with E-state index in [0.29, 0.717) is 5.82 Å². The van der Waals surface area contributed by atoms with Crippen molar-refractivity contribution in [3.05, 3.63) is 23.9 Å². The number of aromatic nitrogens is 1. The lowest BCUT2D eigenvalue weighted by Gasteiger charge is -2.28. The summed E-state index contributed by atoms with van der Waals surface area (Å²) in [5.41, 5.74) is 1.02. The zero-order chi connectivity index (χ0) is 15.2. The minimum atomic E-state index is -0.899. The van der Waals surface area contributed by atoms with Crippen LogP contribution in [0.2, 0.25) is 0 Å². The van der Waals surface area contributed by atoms with Crippen molar-refractivity contribution in [3.63, 3.8) is 0 Å². The summed E-state index contributed by atoms with van der Waals surface area (Å²) in [6.45, 7) is 2.11. The van der Waals surface area contributed by atoms with Crippen LogP contribution in [0, 0.1) is 12.8 Å². The number of rotatable bonds is 5. The van der Waals surface area contributed by atoms with Gasteiger partial charge in [-0.15, -0.1) is 0 Å². The van der Waals surface area contributed by atoms with Crippen molar-refractivity contribution in [2.45, 2.75) is 45.4 Å². The maximum absolute atomic E-state index is 12.7. The van der Waals surface area contributed by atoms with Gasteiger partial charge >= 0.3 is 5.97 Å². The number of carboxylic acids is 1. The smallest absolute Gasteiger partial charge is 0.305 e. The topological polar surface area (TPSA) is 70.5 Å². The molecule has 0 spiro atoms. The van der Waals surface area contributed by atoms with E-state index in [-0.39, 0.29) is 24.8 Å². The van der Waals surface area contributed by atoms with E-state index < -0.39 is 5.97 Å². The van der Waals surface area contributed by atoms with Gasteiger partial charge in [-0.25, -0.2) is 4.98 Å². The SMILES string of the molecule is Cc1ccc(N(CCC(=O)O)C(=O)C2CCCCC2)nc1. The normalized spacial score (nSPS) is 15.7. The lowest BCUT2D eigenvalue weighted by Crippen LogP contribution is -2.39. The molecule has 0 saturated heterocycles. The molecule has 114 valence electrons. The molecule has 1 heterocycles. The second-order valence-corrected chi connectivity index (χ2v) is 5.66. The maximum atomic E-state index is 12.7. The van der Waals surface area contributed by atoms with E-state index in [1.54, 1.807) is 17.2 Å². The molecule has 0 aromatic carbocycles. The highest BCUT2D eigenvalue weighted by molar-refractivity contribution is 5.94. The quantitative estimate of drug-likeness (QED) is 0.905. The van der Waals surface area contributed by atoms with Crippen molar-refractivity contribution < 1.29 is 14.7 Å². The minimum Gasteiger partial charge on any atom is -0.481 e. The lowest BCUT2D eigenvalue weighted by molar-refractivity contribution is -0.136. The van der Waals surface area contributed by atoms with E-state index in [1.165, 1.54) is 6.42 Å². The summed E-state index contributed by atoms with van der Waals surface area (Å²) >= 11 is 0. The van der Waals surface area contributed by atoms with E-state index in [0.717, 1.165) is 31.2 Å². The highest BCUT2D eigenvalue weighted by Gasteiger charge is 2.27. The van der Waals surface area contributed by atoms with Gasteiger partial charge in [0.1, 0.15) is 5.82 Å². The molecule has 5 nitrogen and oxygen atoms in total. The van der Waals surface area contributed by atoms with Gasteiger partial charge < -0.3 is 5.11 Å². The number of nitrogens with zero attached hydrogens (tertiary/aromatic N) is 2.